The number of nitrogens with two attached hydrogens (primary N) is 1. The van der Waals surface area contributed by atoms with Gasteiger partial charge in [-0.2, -0.15) is 5.26 Å². The minimum atomic E-state index is 0.0601. The van der Waals surface area contributed by atoms with E-state index in [2.05, 4.69) is 30.9 Å². The Morgan fingerprint density at radius 1 is 1.42 bits per heavy atom. The third-order valence-corrected chi connectivity index (χ3v) is 4.46. The van der Waals surface area contributed by atoms with E-state index >= 15 is 0 Å². The van der Waals surface area contributed by atoms with Gasteiger partial charge in [-0.05, 0) is 57.7 Å². The molecule has 102 valence electrons. The molecular weight excluding hydrogens is 234 g/mol. The van der Waals surface area contributed by atoms with E-state index in [-0.39, 0.29) is 5.54 Å². The summed E-state index contributed by atoms with van der Waals surface area (Å²) in [5.74, 6) is 0.595. The lowest BCUT2D eigenvalue weighted by Gasteiger charge is -2.50. The summed E-state index contributed by atoms with van der Waals surface area (Å²) in [6.07, 6.45) is 3.46. The van der Waals surface area contributed by atoms with Gasteiger partial charge >= 0.3 is 0 Å². The Balaban J connectivity index is 2.35. The zero-order valence-electron chi connectivity index (χ0n) is 11.9. The highest BCUT2D eigenvalue weighted by Gasteiger charge is 2.38. The van der Waals surface area contributed by atoms with Crippen molar-refractivity contribution in [2.24, 2.45) is 11.7 Å². The molecular formula is C16H23N3. The van der Waals surface area contributed by atoms with Crippen molar-refractivity contribution < 1.29 is 0 Å². The smallest absolute Gasteiger partial charge is 0.101 e. The quantitative estimate of drug-likeness (QED) is 0.906. The van der Waals surface area contributed by atoms with Crippen LogP contribution < -0.4 is 10.6 Å². The van der Waals surface area contributed by atoms with Crippen molar-refractivity contribution in [3.05, 3.63) is 29.8 Å². The molecule has 0 spiro atoms. The predicted molar refractivity (Wildman–Crippen MR) is 79.0 cm³/mol. The fourth-order valence-electron chi connectivity index (χ4n) is 3.29. The topological polar surface area (TPSA) is 53.0 Å². The molecule has 1 atom stereocenters. The molecule has 0 aromatic heterocycles. The molecule has 3 nitrogen and oxygen atoms in total. The summed E-state index contributed by atoms with van der Waals surface area (Å²) in [4.78, 5) is 2.40. The number of benzene rings is 1. The lowest BCUT2D eigenvalue weighted by molar-refractivity contribution is 0.227. The van der Waals surface area contributed by atoms with Crippen molar-refractivity contribution >= 4 is 5.69 Å². The number of hydrogen-bond donors (Lipinski definition) is 1. The second-order valence-corrected chi connectivity index (χ2v) is 5.85. The Kier molecular flexibility index (Phi) is 4.11. The van der Waals surface area contributed by atoms with E-state index in [0.717, 1.165) is 30.8 Å². The van der Waals surface area contributed by atoms with Gasteiger partial charge in [-0.25, -0.2) is 0 Å². The molecule has 1 aromatic rings. The van der Waals surface area contributed by atoms with Crippen molar-refractivity contribution in [2.75, 3.05) is 18.0 Å². The number of rotatable bonds is 3. The third kappa shape index (κ3) is 2.59. The Bertz CT molecular complexity index is 471. The van der Waals surface area contributed by atoms with Gasteiger partial charge in [0.1, 0.15) is 6.07 Å². The van der Waals surface area contributed by atoms with E-state index in [1.54, 1.807) is 0 Å². The molecule has 1 saturated heterocycles. The first-order valence-electron chi connectivity index (χ1n) is 7.08. The maximum atomic E-state index is 9.29. The largest absolute Gasteiger partial charge is 0.365 e. The number of piperidine rings is 1. The first-order valence-corrected chi connectivity index (χ1v) is 7.08. The second-order valence-electron chi connectivity index (χ2n) is 5.85. The lowest BCUT2D eigenvalue weighted by atomic mass is 9.76. The summed E-state index contributed by atoms with van der Waals surface area (Å²) >= 11 is 0. The molecule has 19 heavy (non-hydrogen) atoms. The first-order chi connectivity index (χ1) is 9.11. The normalized spacial score (nSPS) is 22.0. The van der Waals surface area contributed by atoms with E-state index in [1.807, 2.05) is 18.2 Å². The summed E-state index contributed by atoms with van der Waals surface area (Å²) < 4.78 is 0. The molecule has 3 heteroatoms. The van der Waals surface area contributed by atoms with Gasteiger partial charge in [0.2, 0.25) is 0 Å². The van der Waals surface area contributed by atoms with Crippen LogP contribution in [0.2, 0.25) is 0 Å². The predicted octanol–water partition coefficient (Wildman–Crippen LogP) is 2.90. The highest BCUT2D eigenvalue weighted by Crippen LogP contribution is 2.39. The standard InChI is InChI=1S/C16H23N3/c1-16(2)14(9-10-17)7-5-11-19(16)15-8-4-3-6-13(15)12-18/h3-4,6,8,14H,5,7,9-11,17H2,1-2H3. The van der Waals surface area contributed by atoms with Crippen molar-refractivity contribution in [1.29, 1.82) is 5.26 Å². The minimum absolute atomic E-state index is 0.0601. The Morgan fingerprint density at radius 2 is 2.16 bits per heavy atom. The molecule has 1 aromatic carbocycles. The van der Waals surface area contributed by atoms with Crippen molar-refractivity contribution in [1.82, 2.24) is 0 Å². The second kappa shape index (κ2) is 5.63. The molecule has 1 heterocycles. The fourth-order valence-corrected chi connectivity index (χ4v) is 3.29. The SMILES string of the molecule is CC1(C)C(CCN)CCCN1c1ccccc1C#N. The van der Waals surface area contributed by atoms with E-state index in [1.165, 1.54) is 12.8 Å². The van der Waals surface area contributed by atoms with Crippen LogP contribution in [0.15, 0.2) is 24.3 Å². The van der Waals surface area contributed by atoms with Crippen LogP contribution in [0.5, 0.6) is 0 Å². The Hall–Kier alpha value is -1.53. The molecule has 0 saturated carbocycles. The zero-order chi connectivity index (χ0) is 13.9. The van der Waals surface area contributed by atoms with Gasteiger partial charge in [0.05, 0.1) is 11.3 Å². The molecule has 2 rings (SSSR count). The van der Waals surface area contributed by atoms with Crippen LogP contribution in [0.1, 0.15) is 38.7 Å². The monoisotopic (exact) mass is 257 g/mol. The molecule has 0 aliphatic carbocycles. The highest BCUT2D eigenvalue weighted by atomic mass is 15.2. The fraction of sp³-hybridized carbons (Fsp3) is 0.562. The maximum absolute atomic E-state index is 9.29. The van der Waals surface area contributed by atoms with Crippen LogP contribution in [0.25, 0.3) is 0 Å². The van der Waals surface area contributed by atoms with Gasteiger partial charge in [-0.1, -0.05) is 12.1 Å². The van der Waals surface area contributed by atoms with E-state index in [9.17, 15) is 5.26 Å². The number of nitriles is 1. The van der Waals surface area contributed by atoms with Gasteiger partial charge in [0.25, 0.3) is 0 Å². The van der Waals surface area contributed by atoms with Crippen LogP contribution in [-0.4, -0.2) is 18.6 Å². The third-order valence-electron chi connectivity index (χ3n) is 4.46. The summed E-state index contributed by atoms with van der Waals surface area (Å²) in [6.45, 7) is 6.32. The number of nitrogens with zero attached hydrogens (tertiary/aromatic N) is 2. The molecule has 0 radical (unpaired) electrons. The number of anilines is 1. The maximum Gasteiger partial charge on any atom is 0.101 e. The highest BCUT2D eigenvalue weighted by molar-refractivity contribution is 5.61. The molecule has 2 N–H and O–H groups in total. The summed E-state index contributed by atoms with van der Waals surface area (Å²) in [6, 6.07) is 10.2. The molecule has 0 amide bonds. The van der Waals surface area contributed by atoms with E-state index in [0.29, 0.717) is 5.92 Å². The number of hydrogen-bond acceptors (Lipinski definition) is 3. The van der Waals surface area contributed by atoms with Crippen LogP contribution >= 0.6 is 0 Å². The molecule has 1 aliphatic rings. The van der Waals surface area contributed by atoms with Gasteiger partial charge in [0, 0.05) is 12.1 Å². The average Bonchev–Trinajstić information content (AvgIpc) is 2.41. The minimum Gasteiger partial charge on any atom is -0.365 e. The molecule has 1 fully saturated rings. The molecule has 1 aliphatic heterocycles. The van der Waals surface area contributed by atoms with Crippen LogP contribution in [0.4, 0.5) is 5.69 Å². The van der Waals surface area contributed by atoms with Gasteiger partial charge in [0.15, 0.2) is 0 Å². The molecule has 0 bridgehead atoms. The number of para-hydroxylation sites is 1. The summed E-state index contributed by atoms with van der Waals surface area (Å²) in [5, 5.41) is 9.29. The Morgan fingerprint density at radius 3 is 2.84 bits per heavy atom. The van der Waals surface area contributed by atoms with Gasteiger partial charge < -0.3 is 10.6 Å². The zero-order valence-corrected chi connectivity index (χ0v) is 11.9. The van der Waals surface area contributed by atoms with Crippen LogP contribution in [0, 0.1) is 17.2 Å². The Labute approximate surface area is 116 Å². The van der Waals surface area contributed by atoms with E-state index < -0.39 is 0 Å². The van der Waals surface area contributed by atoms with Gasteiger partial charge in [-0.15, -0.1) is 0 Å². The van der Waals surface area contributed by atoms with Crippen molar-refractivity contribution in [3.8, 4) is 6.07 Å². The molecule has 1 unspecified atom stereocenters. The van der Waals surface area contributed by atoms with Crippen LogP contribution in [-0.2, 0) is 0 Å². The van der Waals surface area contributed by atoms with Crippen molar-refractivity contribution in [2.45, 2.75) is 38.6 Å². The van der Waals surface area contributed by atoms with E-state index in [4.69, 9.17) is 5.73 Å². The summed E-state index contributed by atoms with van der Waals surface area (Å²) in [5.41, 5.74) is 7.64. The average molecular weight is 257 g/mol. The van der Waals surface area contributed by atoms with Gasteiger partial charge in [-0.3, -0.25) is 0 Å². The first kappa shape index (κ1) is 13.9. The van der Waals surface area contributed by atoms with Crippen molar-refractivity contribution in [3.63, 3.8) is 0 Å². The van der Waals surface area contributed by atoms with Crippen LogP contribution in [0.3, 0.4) is 0 Å². The lowest BCUT2D eigenvalue weighted by Crippen LogP contribution is -2.54. The summed E-state index contributed by atoms with van der Waals surface area (Å²) in [7, 11) is 0.